The van der Waals surface area contributed by atoms with E-state index in [4.69, 9.17) is 4.74 Å². The number of hydrogen-bond donors (Lipinski definition) is 2. The van der Waals surface area contributed by atoms with Gasteiger partial charge in [-0.05, 0) is 26.7 Å². The summed E-state index contributed by atoms with van der Waals surface area (Å²) in [4.78, 5) is 22.8. The lowest BCUT2D eigenvalue weighted by molar-refractivity contribution is -0.139. The van der Waals surface area contributed by atoms with Crippen LogP contribution in [-0.4, -0.2) is 43.9 Å². The van der Waals surface area contributed by atoms with Gasteiger partial charge in [-0.15, -0.1) is 0 Å². The van der Waals surface area contributed by atoms with Crippen molar-refractivity contribution in [3.8, 4) is 0 Å². The average molecular weight is 288 g/mol. The summed E-state index contributed by atoms with van der Waals surface area (Å²) in [7, 11) is 1.34. The maximum atomic E-state index is 11.8. The molecular weight excluding hydrogens is 260 g/mol. The number of alkyl carbamates (subject to hydrolysis) is 1. The first-order valence-corrected chi connectivity index (χ1v) is 6.96. The number of esters is 1. The summed E-state index contributed by atoms with van der Waals surface area (Å²) in [6.07, 6.45) is 0.475. The molecular formula is C14H28N2O4. The largest absolute Gasteiger partial charge is 0.468 e. The van der Waals surface area contributed by atoms with E-state index in [1.807, 2.05) is 27.7 Å². The van der Waals surface area contributed by atoms with Crippen molar-refractivity contribution in [2.75, 3.05) is 20.2 Å². The van der Waals surface area contributed by atoms with Gasteiger partial charge in [-0.25, -0.2) is 4.79 Å². The third-order valence-corrected chi connectivity index (χ3v) is 2.89. The van der Waals surface area contributed by atoms with Crippen LogP contribution in [0.2, 0.25) is 0 Å². The van der Waals surface area contributed by atoms with Crippen molar-refractivity contribution in [2.45, 2.75) is 52.7 Å². The van der Waals surface area contributed by atoms with Crippen molar-refractivity contribution in [1.29, 1.82) is 0 Å². The van der Waals surface area contributed by atoms with Crippen molar-refractivity contribution in [3.63, 3.8) is 0 Å². The summed E-state index contributed by atoms with van der Waals surface area (Å²) in [5.74, 6) is -0.0576. The van der Waals surface area contributed by atoms with Gasteiger partial charge >= 0.3 is 12.1 Å². The molecule has 20 heavy (non-hydrogen) atoms. The van der Waals surface area contributed by atoms with E-state index in [1.165, 1.54) is 7.11 Å². The van der Waals surface area contributed by atoms with Crippen molar-refractivity contribution in [3.05, 3.63) is 0 Å². The fourth-order valence-corrected chi connectivity index (χ4v) is 1.54. The van der Waals surface area contributed by atoms with Crippen LogP contribution in [0.4, 0.5) is 4.79 Å². The zero-order valence-corrected chi connectivity index (χ0v) is 13.4. The van der Waals surface area contributed by atoms with Crippen molar-refractivity contribution in [2.24, 2.45) is 5.92 Å². The van der Waals surface area contributed by atoms with Crippen LogP contribution >= 0.6 is 0 Å². The Morgan fingerprint density at radius 1 is 1.25 bits per heavy atom. The third-order valence-electron chi connectivity index (χ3n) is 2.89. The summed E-state index contributed by atoms with van der Waals surface area (Å²) in [6.45, 7) is 10.2. The Kier molecular flexibility index (Phi) is 8.22. The van der Waals surface area contributed by atoms with Gasteiger partial charge in [0, 0.05) is 12.6 Å². The average Bonchev–Trinajstić information content (AvgIpc) is 2.34. The van der Waals surface area contributed by atoms with E-state index in [0.717, 1.165) is 6.42 Å². The van der Waals surface area contributed by atoms with Crippen LogP contribution in [0, 0.1) is 5.92 Å². The summed E-state index contributed by atoms with van der Waals surface area (Å²) in [5.41, 5.74) is -0.524. The normalized spacial score (nSPS) is 14.3. The highest BCUT2D eigenvalue weighted by atomic mass is 16.6. The number of rotatable bonds is 7. The fourth-order valence-electron chi connectivity index (χ4n) is 1.54. The Morgan fingerprint density at radius 3 is 2.30 bits per heavy atom. The predicted molar refractivity (Wildman–Crippen MR) is 77.5 cm³/mol. The summed E-state index contributed by atoms with van der Waals surface area (Å²) >= 11 is 0. The second-order valence-electron chi connectivity index (χ2n) is 5.85. The highest BCUT2D eigenvalue weighted by Crippen LogP contribution is 2.10. The monoisotopic (exact) mass is 288 g/mol. The number of amides is 1. The molecule has 2 N–H and O–H groups in total. The van der Waals surface area contributed by atoms with Gasteiger partial charge in [0.1, 0.15) is 5.60 Å². The van der Waals surface area contributed by atoms with Gasteiger partial charge in [-0.3, -0.25) is 4.79 Å². The van der Waals surface area contributed by atoms with Crippen LogP contribution in [0.5, 0.6) is 0 Å². The standard InChI is InChI=1S/C14H28N2O4/c1-7-10(2)11(8-15-9-12(17)19-6)16-13(18)20-14(3,4)5/h10-11,15H,7-9H2,1-6H3,(H,16,18). The molecule has 0 radical (unpaired) electrons. The molecule has 0 aromatic heterocycles. The second-order valence-corrected chi connectivity index (χ2v) is 5.85. The van der Waals surface area contributed by atoms with Crippen LogP contribution < -0.4 is 10.6 Å². The first kappa shape index (κ1) is 18.7. The molecule has 0 rings (SSSR count). The fraction of sp³-hybridized carbons (Fsp3) is 0.857. The Balaban J connectivity index is 4.35. The summed E-state index contributed by atoms with van der Waals surface area (Å²) in [5, 5.41) is 5.82. The van der Waals surface area contributed by atoms with E-state index in [-0.39, 0.29) is 24.5 Å². The molecule has 2 unspecified atom stereocenters. The first-order valence-electron chi connectivity index (χ1n) is 6.96. The number of carbonyl (C=O) groups excluding carboxylic acids is 2. The molecule has 0 aromatic carbocycles. The maximum absolute atomic E-state index is 11.8. The van der Waals surface area contributed by atoms with Gasteiger partial charge in [0.25, 0.3) is 0 Å². The minimum atomic E-state index is -0.524. The molecule has 0 aliphatic heterocycles. The van der Waals surface area contributed by atoms with E-state index >= 15 is 0 Å². The molecule has 0 saturated heterocycles. The van der Waals surface area contributed by atoms with Crippen LogP contribution in [0.1, 0.15) is 41.0 Å². The van der Waals surface area contributed by atoms with Crippen molar-refractivity contribution < 1.29 is 19.1 Å². The predicted octanol–water partition coefficient (Wildman–Crippen LogP) is 1.69. The lowest BCUT2D eigenvalue weighted by Crippen LogP contribution is -2.48. The molecule has 0 heterocycles. The molecule has 0 saturated carbocycles. The Morgan fingerprint density at radius 2 is 1.85 bits per heavy atom. The van der Waals surface area contributed by atoms with Crippen LogP contribution in [0.15, 0.2) is 0 Å². The third kappa shape index (κ3) is 8.74. The van der Waals surface area contributed by atoms with Gasteiger partial charge in [-0.1, -0.05) is 20.3 Å². The van der Waals surface area contributed by atoms with Gasteiger partial charge in [-0.2, -0.15) is 0 Å². The molecule has 0 aliphatic rings. The van der Waals surface area contributed by atoms with E-state index in [1.54, 1.807) is 0 Å². The van der Waals surface area contributed by atoms with Crippen LogP contribution in [-0.2, 0) is 14.3 Å². The molecule has 1 amide bonds. The van der Waals surface area contributed by atoms with Gasteiger partial charge in [0.05, 0.1) is 13.7 Å². The molecule has 2 atom stereocenters. The molecule has 6 heteroatoms. The zero-order valence-electron chi connectivity index (χ0n) is 13.4. The van der Waals surface area contributed by atoms with E-state index in [0.29, 0.717) is 6.54 Å². The number of methoxy groups -OCH3 is 1. The SMILES string of the molecule is CCC(C)C(CNCC(=O)OC)NC(=O)OC(C)(C)C. The summed E-state index contributed by atoms with van der Waals surface area (Å²) in [6, 6.07) is -0.0977. The molecule has 0 bridgehead atoms. The topological polar surface area (TPSA) is 76.7 Å². The molecule has 6 nitrogen and oxygen atoms in total. The van der Waals surface area contributed by atoms with Gasteiger partial charge < -0.3 is 20.1 Å². The number of hydrogen-bond acceptors (Lipinski definition) is 5. The highest BCUT2D eigenvalue weighted by Gasteiger charge is 2.22. The van der Waals surface area contributed by atoms with Crippen LogP contribution in [0.25, 0.3) is 0 Å². The molecule has 0 aliphatic carbocycles. The van der Waals surface area contributed by atoms with Gasteiger partial charge in [0.15, 0.2) is 0 Å². The first-order chi connectivity index (χ1) is 9.19. The quantitative estimate of drug-likeness (QED) is 0.697. The van der Waals surface area contributed by atoms with Crippen molar-refractivity contribution in [1.82, 2.24) is 10.6 Å². The summed E-state index contributed by atoms with van der Waals surface area (Å²) < 4.78 is 9.79. The second kappa shape index (κ2) is 8.79. The highest BCUT2D eigenvalue weighted by molar-refractivity contribution is 5.71. The van der Waals surface area contributed by atoms with Crippen LogP contribution in [0.3, 0.4) is 0 Å². The molecule has 0 fully saturated rings. The Bertz CT molecular complexity index is 313. The minimum Gasteiger partial charge on any atom is -0.468 e. The number of carbonyl (C=O) groups is 2. The zero-order chi connectivity index (χ0) is 15.8. The van der Waals surface area contributed by atoms with Gasteiger partial charge in [0.2, 0.25) is 0 Å². The number of nitrogens with one attached hydrogen (secondary N) is 2. The lowest BCUT2D eigenvalue weighted by Gasteiger charge is -2.27. The Labute approximate surface area is 121 Å². The number of ether oxygens (including phenoxy) is 2. The Hall–Kier alpha value is -1.30. The molecule has 118 valence electrons. The van der Waals surface area contributed by atoms with Crippen molar-refractivity contribution >= 4 is 12.1 Å². The maximum Gasteiger partial charge on any atom is 0.407 e. The van der Waals surface area contributed by atoms with E-state index in [9.17, 15) is 9.59 Å². The molecule has 0 spiro atoms. The van der Waals surface area contributed by atoms with E-state index < -0.39 is 11.7 Å². The lowest BCUT2D eigenvalue weighted by atomic mass is 9.99. The smallest absolute Gasteiger partial charge is 0.407 e. The molecule has 0 aromatic rings. The minimum absolute atomic E-state index is 0.0977. The van der Waals surface area contributed by atoms with E-state index in [2.05, 4.69) is 22.3 Å².